The van der Waals surface area contributed by atoms with Gasteiger partial charge in [0.1, 0.15) is 6.04 Å². The van der Waals surface area contributed by atoms with Crippen LogP contribution in [0.1, 0.15) is 32.8 Å². The van der Waals surface area contributed by atoms with E-state index in [-0.39, 0.29) is 11.8 Å². The van der Waals surface area contributed by atoms with Gasteiger partial charge in [-0.15, -0.1) is 11.8 Å². The zero-order valence-electron chi connectivity index (χ0n) is 17.9. The van der Waals surface area contributed by atoms with E-state index in [9.17, 15) is 9.59 Å². The number of amides is 2. The van der Waals surface area contributed by atoms with E-state index < -0.39 is 6.04 Å². The third kappa shape index (κ3) is 8.41. The molecule has 2 aromatic rings. The number of benzene rings is 2. The molecule has 0 bridgehead atoms. The number of hydrogen-bond donors (Lipinski definition) is 1. The second-order valence-electron chi connectivity index (χ2n) is 7.69. The summed E-state index contributed by atoms with van der Waals surface area (Å²) in [4.78, 5) is 28.4. The summed E-state index contributed by atoms with van der Waals surface area (Å²) in [7, 11) is 0. The Morgan fingerprint density at radius 1 is 1.03 bits per heavy atom. The van der Waals surface area contributed by atoms with E-state index in [0.29, 0.717) is 36.2 Å². The highest BCUT2D eigenvalue weighted by molar-refractivity contribution is 7.99. The van der Waals surface area contributed by atoms with Gasteiger partial charge in [-0.1, -0.05) is 55.8 Å². The van der Waals surface area contributed by atoms with Crippen LogP contribution in [0.25, 0.3) is 0 Å². The maximum absolute atomic E-state index is 13.0. The molecule has 1 atom stereocenters. The summed E-state index contributed by atoms with van der Waals surface area (Å²) in [6.07, 6.45) is 1.10. The fraction of sp³-hybridized carbons (Fsp3) is 0.417. The van der Waals surface area contributed by atoms with Crippen molar-refractivity contribution in [3.8, 4) is 0 Å². The van der Waals surface area contributed by atoms with Crippen molar-refractivity contribution in [3.05, 3.63) is 65.2 Å². The Labute approximate surface area is 189 Å². The molecule has 0 aliphatic heterocycles. The van der Waals surface area contributed by atoms with Crippen molar-refractivity contribution < 1.29 is 9.59 Å². The summed E-state index contributed by atoms with van der Waals surface area (Å²) in [6.45, 7) is 7.04. The van der Waals surface area contributed by atoms with Gasteiger partial charge >= 0.3 is 0 Å². The molecule has 0 heterocycles. The number of hydrogen-bond acceptors (Lipinski definition) is 3. The van der Waals surface area contributed by atoms with Crippen molar-refractivity contribution in [2.75, 3.05) is 18.8 Å². The smallest absolute Gasteiger partial charge is 0.242 e. The molecule has 1 N–H and O–H groups in total. The Morgan fingerprint density at radius 2 is 1.70 bits per heavy atom. The minimum Gasteiger partial charge on any atom is -0.354 e. The van der Waals surface area contributed by atoms with Gasteiger partial charge in [0.05, 0.1) is 0 Å². The maximum Gasteiger partial charge on any atom is 0.242 e. The number of carbonyl (C=O) groups excluding carboxylic acids is 2. The molecule has 0 aliphatic rings. The van der Waals surface area contributed by atoms with Crippen LogP contribution in [-0.4, -0.2) is 41.6 Å². The zero-order valence-corrected chi connectivity index (χ0v) is 19.5. The number of nitrogens with zero attached hydrogens (tertiary/aromatic N) is 1. The average molecular weight is 447 g/mol. The van der Waals surface area contributed by atoms with E-state index in [0.717, 1.165) is 16.9 Å². The van der Waals surface area contributed by atoms with Gasteiger partial charge in [0.2, 0.25) is 11.8 Å². The fourth-order valence-corrected chi connectivity index (χ4v) is 3.92. The highest BCUT2D eigenvalue weighted by atomic mass is 35.5. The molecule has 0 aromatic heterocycles. The van der Waals surface area contributed by atoms with E-state index in [2.05, 4.69) is 19.2 Å². The molecular formula is C24H31ClN2O2S. The van der Waals surface area contributed by atoms with Crippen LogP contribution in [0, 0.1) is 5.92 Å². The van der Waals surface area contributed by atoms with Gasteiger partial charge in [-0.05, 0) is 49.1 Å². The largest absolute Gasteiger partial charge is 0.354 e. The molecule has 2 amide bonds. The fourth-order valence-electron chi connectivity index (χ4n) is 2.95. The molecule has 2 rings (SSSR count). The molecule has 0 saturated carbocycles. The van der Waals surface area contributed by atoms with Gasteiger partial charge < -0.3 is 10.2 Å². The Kier molecular flexibility index (Phi) is 10.2. The molecule has 4 nitrogen and oxygen atoms in total. The second-order valence-corrected chi connectivity index (χ2v) is 9.29. The average Bonchev–Trinajstić information content (AvgIpc) is 2.74. The normalized spacial score (nSPS) is 11.9. The molecule has 0 aliphatic carbocycles. The predicted molar refractivity (Wildman–Crippen MR) is 126 cm³/mol. The maximum atomic E-state index is 13.0. The van der Waals surface area contributed by atoms with Gasteiger partial charge in [0.15, 0.2) is 0 Å². The third-order valence-electron chi connectivity index (χ3n) is 4.73. The van der Waals surface area contributed by atoms with Crippen LogP contribution < -0.4 is 5.32 Å². The van der Waals surface area contributed by atoms with Crippen molar-refractivity contribution in [1.29, 1.82) is 0 Å². The summed E-state index contributed by atoms with van der Waals surface area (Å²) >= 11 is 7.54. The summed E-state index contributed by atoms with van der Waals surface area (Å²) in [5.41, 5.74) is 1.15. The lowest BCUT2D eigenvalue weighted by molar-refractivity contribution is -0.139. The molecule has 6 heteroatoms. The summed E-state index contributed by atoms with van der Waals surface area (Å²) < 4.78 is 0. The first-order valence-corrected chi connectivity index (χ1v) is 11.7. The lowest BCUT2D eigenvalue weighted by atomic mass is 10.1. The van der Waals surface area contributed by atoms with Crippen molar-refractivity contribution in [2.45, 2.75) is 44.6 Å². The molecule has 162 valence electrons. The molecular weight excluding hydrogens is 416 g/mol. The van der Waals surface area contributed by atoms with Crippen molar-refractivity contribution in [1.82, 2.24) is 10.2 Å². The van der Waals surface area contributed by atoms with Gasteiger partial charge in [0, 0.05) is 35.2 Å². The topological polar surface area (TPSA) is 49.4 Å². The van der Waals surface area contributed by atoms with Gasteiger partial charge in [-0.2, -0.15) is 0 Å². The molecule has 30 heavy (non-hydrogen) atoms. The van der Waals surface area contributed by atoms with Crippen LogP contribution in [0.15, 0.2) is 59.5 Å². The number of rotatable bonds is 11. The van der Waals surface area contributed by atoms with Crippen LogP contribution in [0.3, 0.4) is 0 Å². The zero-order chi connectivity index (χ0) is 21.9. The van der Waals surface area contributed by atoms with E-state index >= 15 is 0 Å². The van der Waals surface area contributed by atoms with Crippen LogP contribution >= 0.6 is 23.4 Å². The van der Waals surface area contributed by atoms with Crippen molar-refractivity contribution in [3.63, 3.8) is 0 Å². The summed E-state index contributed by atoms with van der Waals surface area (Å²) in [6, 6.07) is 17.1. The first kappa shape index (κ1) is 24.3. The van der Waals surface area contributed by atoms with Gasteiger partial charge in [-0.25, -0.2) is 0 Å². The van der Waals surface area contributed by atoms with Crippen LogP contribution in [0.5, 0.6) is 0 Å². The molecule has 0 saturated heterocycles. The number of halogens is 1. The van der Waals surface area contributed by atoms with E-state index in [1.807, 2.05) is 61.5 Å². The minimum absolute atomic E-state index is 0.000378. The number of thioether (sulfide) groups is 1. The highest BCUT2D eigenvalue weighted by Crippen LogP contribution is 2.21. The molecule has 0 radical (unpaired) electrons. The quantitative estimate of drug-likeness (QED) is 0.491. The van der Waals surface area contributed by atoms with Crippen LogP contribution in [0.2, 0.25) is 5.02 Å². The molecule has 0 spiro atoms. The van der Waals surface area contributed by atoms with Crippen LogP contribution in [-0.2, 0) is 16.0 Å². The number of nitrogens with one attached hydrogen (secondary N) is 1. The first-order valence-electron chi connectivity index (χ1n) is 10.4. The second kappa shape index (κ2) is 12.7. The summed E-state index contributed by atoms with van der Waals surface area (Å²) in [5, 5.41) is 3.65. The van der Waals surface area contributed by atoms with E-state index in [4.69, 9.17) is 11.6 Å². The summed E-state index contributed by atoms with van der Waals surface area (Å²) in [5.74, 6) is 0.920. The van der Waals surface area contributed by atoms with E-state index in [1.165, 1.54) is 0 Å². The predicted octanol–water partition coefficient (Wildman–Crippen LogP) is 5.05. The highest BCUT2D eigenvalue weighted by Gasteiger charge is 2.25. The Bertz CT molecular complexity index is 797. The van der Waals surface area contributed by atoms with Gasteiger partial charge in [0.25, 0.3) is 0 Å². The first-order chi connectivity index (χ1) is 14.4. The minimum atomic E-state index is -0.500. The lowest BCUT2D eigenvalue weighted by Crippen LogP contribution is -2.49. The third-order valence-corrected chi connectivity index (χ3v) is 6.00. The molecule has 0 fully saturated rings. The van der Waals surface area contributed by atoms with E-state index in [1.54, 1.807) is 16.7 Å². The van der Waals surface area contributed by atoms with Gasteiger partial charge in [-0.3, -0.25) is 9.59 Å². The standard InChI is InChI=1S/C24H31ClN2O2S/c1-18(2)17-26-24(29)19(3)27(15-13-20-7-5-4-6-8-20)23(28)14-16-30-22-11-9-21(25)10-12-22/h4-12,18-19H,13-17H2,1-3H3,(H,26,29)/t19-/m1/s1. The van der Waals surface area contributed by atoms with Crippen molar-refractivity contribution in [2.24, 2.45) is 5.92 Å². The number of carbonyl (C=O) groups is 2. The lowest BCUT2D eigenvalue weighted by Gasteiger charge is -2.29. The molecule has 2 aromatic carbocycles. The Hall–Kier alpha value is -1.98. The molecule has 0 unspecified atom stereocenters. The Balaban J connectivity index is 1.97. The van der Waals surface area contributed by atoms with Crippen LogP contribution in [0.4, 0.5) is 0 Å². The SMILES string of the molecule is CC(C)CNC(=O)[C@@H](C)N(CCc1ccccc1)C(=O)CCSc1ccc(Cl)cc1. The van der Waals surface area contributed by atoms with Crippen molar-refractivity contribution >= 4 is 35.2 Å². The Morgan fingerprint density at radius 3 is 2.33 bits per heavy atom. The monoisotopic (exact) mass is 446 g/mol.